The topological polar surface area (TPSA) is 92.9 Å². The summed E-state index contributed by atoms with van der Waals surface area (Å²) in [5.74, 6) is -3.84. The normalized spacial score (nSPS) is 15.7. The molecule has 1 fully saturated rings. The lowest BCUT2D eigenvalue weighted by atomic mass is 9.91. The van der Waals surface area contributed by atoms with Crippen LogP contribution in [-0.4, -0.2) is 64.8 Å². The Morgan fingerprint density at radius 2 is 1.82 bits per heavy atom. The van der Waals surface area contributed by atoms with Crippen molar-refractivity contribution in [3.05, 3.63) is 94.5 Å². The van der Waals surface area contributed by atoms with E-state index in [-0.39, 0.29) is 27.9 Å². The zero-order valence-electron chi connectivity index (χ0n) is 27.6. The maximum absolute atomic E-state index is 15.3. The van der Waals surface area contributed by atoms with Gasteiger partial charge in [-0.05, 0) is 56.2 Å². The fourth-order valence-corrected chi connectivity index (χ4v) is 6.73. The lowest BCUT2D eigenvalue weighted by Crippen LogP contribution is -2.58. The molecule has 1 saturated heterocycles. The van der Waals surface area contributed by atoms with E-state index in [0.717, 1.165) is 24.3 Å². The van der Waals surface area contributed by atoms with Gasteiger partial charge in [0.05, 0.1) is 41.2 Å². The van der Waals surface area contributed by atoms with E-state index in [0.29, 0.717) is 66.1 Å². The molecule has 260 valence electrons. The Morgan fingerprint density at radius 3 is 2.48 bits per heavy atom. The van der Waals surface area contributed by atoms with Gasteiger partial charge in [-0.1, -0.05) is 12.1 Å². The first-order chi connectivity index (χ1) is 23.7. The number of pyridine rings is 1. The number of aryl methyl sites for hydroxylation is 2. The van der Waals surface area contributed by atoms with Crippen LogP contribution in [0.3, 0.4) is 0 Å². The van der Waals surface area contributed by atoms with E-state index < -0.39 is 40.8 Å². The molecular weight excluding hydrogens is 659 g/mol. The molecule has 2 N–H and O–H groups in total. The van der Waals surface area contributed by atoms with Crippen LogP contribution in [0.5, 0.6) is 0 Å². The van der Waals surface area contributed by atoms with Crippen molar-refractivity contribution in [3.8, 4) is 11.1 Å². The predicted octanol–water partition coefficient (Wildman–Crippen LogP) is 6.19. The van der Waals surface area contributed by atoms with E-state index in [1.807, 2.05) is 6.92 Å². The standard InChI is InChI=1S/C36H33F5N6O3/c1-19-23-16-24(36(39,40)41)29-22-7-6-11-47-27(15-20(32(22)47)9-12-45(3)33(29)30(23)44-46(19)4)34(49)21-13-25(37)31(26(38)14-21)43-28(48)8-5-10-42-35(2)17-50-18-35/h5-8,11,13-16,42H,9-10,12,17-18H2,1-4H3,(H,43,48)/b8-5+. The van der Waals surface area contributed by atoms with Crippen molar-refractivity contribution in [1.29, 1.82) is 0 Å². The Balaban J connectivity index is 1.26. The number of benzene rings is 2. The summed E-state index contributed by atoms with van der Waals surface area (Å²) in [6, 6.07) is 7.44. The van der Waals surface area contributed by atoms with E-state index in [1.165, 1.54) is 22.7 Å². The van der Waals surface area contributed by atoms with Crippen LogP contribution in [0.4, 0.5) is 33.3 Å². The van der Waals surface area contributed by atoms with Gasteiger partial charge in [-0.15, -0.1) is 0 Å². The molecular formula is C36H33F5N6O3. The van der Waals surface area contributed by atoms with Gasteiger partial charge in [0.2, 0.25) is 11.7 Å². The largest absolute Gasteiger partial charge is 0.417 e. The molecule has 5 aromatic rings. The van der Waals surface area contributed by atoms with Crippen LogP contribution in [-0.2, 0) is 29.2 Å². The number of halogens is 5. The molecule has 0 spiro atoms. The van der Waals surface area contributed by atoms with Crippen molar-refractivity contribution in [1.82, 2.24) is 19.5 Å². The molecule has 50 heavy (non-hydrogen) atoms. The monoisotopic (exact) mass is 692 g/mol. The van der Waals surface area contributed by atoms with E-state index >= 15 is 8.78 Å². The van der Waals surface area contributed by atoms with E-state index in [9.17, 15) is 22.8 Å². The third kappa shape index (κ3) is 5.61. The summed E-state index contributed by atoms with van der Waals surface area (Å²) in [4.78, 5) is 28.0. The highest BCUT2D eigenvalue weighted by Crippen LogP contribution is 2.49. The zero-order chi connectivity index (χ0) is 35.7. The average Bonchev–Trinajstić information content (AvgIpc) is 3.56. The van der Waals surface area contributed by atoms with Crippen LogP contribution in [0.25, 0.3) is 27.5 Å². The lowest BCUT2D eigenvalue weighted by Gasteiger charge is -2.38. The van der Waals surface area contributed by atoms with Gasteiger partial charge < -0.3 is 24.7 Å². The second kappa shape index (κ2) is 12.1. The minimum atomic E-state index is -4.72. The molecule has 3 aromatic heterocycles. The number of aromatic nitrogens is 3. The van der Waals surface area contributed by atoms with Crippen molar-refractivity contribution in [2.24, 2.45) is 7.05 Å². The Labute approximate surface area is 283 Å². The van der Waals surface area contributed by atoms with Crippen LogP contribution in [0.2, 0.25) is 0 Å². The molecule has 0 unspecified atom stereocenters. The van der Waals surface area contributed by atoms with Crippen molar-refractivity contribution < 1.29 is 36.3 Å². The van der Waals surface area contributed by atoms with Gasteiger partial charge in [0.1, 0.15) is 22.8 Å². The summed E-state index contributed by atoms with van der Waals surface area (Å²) < 4.78 is 83.2. The summed E-state index contributed by atoms with van der Waals surface area (Å²) in [5.41, 5.74) is 0.420. The van der Waals surface area contributed by atoms with Crippen molar-refractivity contribution in [2.75, 3.05) is 43.6 Å². The summed E-state index contributed by atoms with van der Waals surface area (Å²) in [7, 11) is 3.39. The molecule has 1 amide bonds. The molecule has 0 radical (unpaired) electrons. The number of nitrogens with zero attached hydrogens (tertiary/aromatic N) is 4. The number of nitrogens with one attached hydrogen (secondary N) is 2. The maximum atomic E-state index is 15.3. The SMILES string of the molecule is Cc1c2cc(C(F)(F)F)c3c(c2nn1C)N(C)CCc1cc(C(=O)c2cc(F)c(NC(=O)/C=C/CNC4(C)COC4)c(F)c2)n2cccc-3c12. The van der Waals surface area contributed by atoms with Crippen molar-refractivity contribution in [3.63, 3.8) is 0 Å². The predicted molar refractivity (Wildman–Crippen MR) is 179 cm³/mol. The summed E-state index contributed by atoms with van der Waals surface area (Å²) in [5, 5.41) is 10.3. The number of rotatable bonds is 7. The minimum Gasteiger partial charge on any atom is -0.377 e. The fraction of sp³-hybridized carbons (Fsp3) is 0.306. The molecule has 0 atom stereocenters. The number of ketones is 1. The van der Waals surface area contributed by atoms with Crippen LogP contribution in [0.1, 0.15) is 39.8 Å². The maximum Gasteiger partial charge on any atom is 0.417 e. The molecule has 0 aliphatic carbocycles. The van der Waals surface area contributed by atoms with Crippen LogP contribution in [0.15, 0.2) is 54.7 Å². The molecule has 5 heterocycles. The molecule has 0 saturated carbocycles. The van der Waals surface area contributed by atoms with Gasteiger partial charge in [0.15, 0.2) is 0 Å². The second-order valence-electron chi connectivity index (χ2n) is 13.1. The molecule has 7 rings (SSSR count). The summed E-state index contributed by atoms with van der Waals surface area (Å²) in [6.45, 7) is 5.39. The molecule has 2 aromatic carbocycles. The third-order valence-electron chi connectivity index (χ3n) is 9.48. The van der Waals surface area contributed by atoms with E-state index in [2.05, 4.69) is 15.7 Å². The van der Waals surface area contributed by atoms with Gasteiger partial charge >= 0.3 is 6.18 Å². The van der Waals surface area contributed by atoms with Crippen LogP contribution >= 0.6 is 0 Å². The Bertz CT molecular complexity index is 2230. The highest BCUT2D eigenvalue weighted by molar-refractivity contribution is 6.11. The van der Waals surface area contributed by atoms with Crippen molar-refractivity contribution in [2.45, 2.75) is 32.0 Å². The Kier molecular flexibility index (Phi) is 8.06. The summed E-state index contributed by atoms with van der Waals surface area (Å²) in [6.07, 6.45) is -0.163. The third-order valence-corrected chi connectivity index (χ3v) is 9.48. The van der Waals surface area contributed by atoms with Gasteiger partial charge in [-0.25, -0.2) is 8.78 Å². The first-order valence-corrected chi connectivity index (χ1v) is 15.9. The molecule has 14 heteroatoms. The highest BCUT2D eigenvalue weighted by atomic mass is 19.4. The molecule has 0 bridgehead atoms. The fourth-order valence-electron chi connectivity index (χ4n) is 6.73. The first kappa shape index (κ1) is 33.4. The van der Waals surface area contributed by atoms with E-state index in [4.69, 9.17) is 4.74 Å². The number of carbonyl (C=O) groups is 2. The van der Waals surface area contributed by atoms with E-state index in [1.54, 1.807) is 42.7 Å². The minimum absolute atomic E-state index is 0.0165. The second-order valence-corrected chi connectivity index (χ2v) is 13.1. The van der Waals surface area contributed by atoms with Gasteiger partial charge in [-0.3, -0.25) is 14.3 Å². The van der Waals surface area contributed by atoms with Gasteiger partial charge in [0.25, 0.3) is 0 Å². The number of hydrogen-bond acceptors (Lipinski definition) is 6. The number of fused-ring (bicyclic) bond motifs is 4. The molecule has 9 nitrogen and oxygen atoms in total. The summed E-state index contributed by atoms with van der Waals surface area (Å²) >= 11 is 0. The zero-order valence-corrected chi connectivity index (χ0v) is 27.6. The Morgan fingerprint density at radius 1 is 1.10 bits per heavy atom. The van der Waals surface area contributed by atoms with Gasteiger partial charge in [0, 0.05) is 67.2 Å². The quantitative estimate of drug-likeness (QED) is 0.120. The number of carbonyl (C=O) groups excluding carboxylic acids is 2. The number of alkyl halides is 3. The lowest BCUT2D eigenvalue weighted by molar-refractivity contribution is -0.137. The Hall–Kier alpha value is -5.08. The average molecular weight is 693 g/mol. The van der Waals surface area contributed by atoms with Crippen LogP contribution in [0, 0.1) is 18.6 Å². The van der Waals surface area contributed by atoms with Gasteiger partial charge in [-0.2, -0.15) is 18.3 Å². The number of anilines is 2. The highest BCUT2D eigenvalue weighted by Gasteiger charge is 2.39. The van der Waals surface area contributed by atoms with Crippen molar-refractivity contribution >= 4 is 39.5 Å². The number of ether oxygens (including phenoxy) is 1. The molecule has 2 aliphatic rings. The number of amides is 1. The molecule has 2 aliphatic heterocycles. The van der Waals surface area contributed by atoms with Crippen LogP contribution < -0.4 is 15.5 Å². The smallest absolute Gasteiger partial charge is 0.377 e. The number of likely N-dealkylation sites (N-methyl/N-ethyl adjacent to an activating group) is 1. The number of hydrogen-bond donors (Lipinski definition) is 2. The first-order valence-electron chi connectivity index (χ1n) is 15.9.